The second-order valence-electron chi connectivity index (χ2n) is 3.81. The van der Waals surface area contributed by atoms with E-state index in [0.717, 1.165) is 6.42 Å². The molecule has 0 amide bonds. The monoisotopic (exact) mass is 172 g/mol. The maximum absolute atomic E-state index is 5.02. The lowest BCUT2D eigenvalue weighted by Gasteiger charge is -2.15. The van der Waals surface area contributed by atoms with Crippen LogP contribution in [0, 0.1) is 0 Å². The molecule has 0 aliphatic carbocycles. The summed E-state index contributed by atoms with van der Waals surface area (Å²) in [6.45, 7) is 8.02. The molecule has 12 heavy (non-hydrogen) atoms. The topological polar surface area (TPSA) is 18.5 Å². The summed E-state index contributed by atoms with van der Waals surface area (Å²) in [4.78, 5) is 9.89. The highest BCUT2D eigenvalue weighted by Crippen LogP contribution is 2.07. The van der Waals surface area contributed by atoms with Crippen LogP contribution in [0.5, 0.6) is 0 Å². The van der Waals surface area contributed by atoms with Crippen LogP contribution in [0.3, 0.4) is 0 Å². The van der Waals surface area contributed by atoms with Gasteiger partial charge in [-0.3, -0.25) is 0 Å². The summed E-state index contributed by atoms with van der Waals surface area (Å²) in [6.07, 6.45) is 7.07. The molecule has 0 saturated heterocycles. The highest BCUT2D eigenvalue weighted by molar-refractivity contribution is 4.71. The van der Waals surface area contributed by atoms with E-state index in [1.807, 2.05) is 26.8 Å². The summed E-state index contributed by atoms with van der Waals surface area (Å²) in [7, 11) is 0. The third kappa shape index (κ3) is 9.50. The van der Waals surface area contributed by atoms with E-state index in [4.69, 9.17) is 9.78 Å². The minimum absolute atomic E-state index is 0.227. The number of unbranched alkanes of at least 4 members (excludes halogenated alkanes) is 2. The fourth-order valence-corrected chi connectivity index (χ4v) is 0.601. The van der Waals surface area contributed by atoms with Crippen molar-refractivity contribution in [2.75, 3.05) is 0 Å². The molecule has 72 valence electrons. The van der Waals surface area contributed by atoms with Crippen LogP contribution in [0.4, 0.5) is 0 Å². The Hall–Kier alpha value is -0.500. The molecule has 0 spiro atoms. The maximum atomic E-state index is 5.02. The molecule has 0 atom stereocenters. The fraction of sp³-hybridized carbons (Fsp3) is 0.800. The zero-order valence-corrected chi connectivity index (χ0v) is 8.59. The molecule has 0 fully saturated rings. The van der Waals surface area contributed by atoms with Gasteiger partial charge in [-0.25, -0.2) is 0 Å². The Morgan fingerprint density at radius 1 is 1.25 bits per heavy atom. The van der Waals surface area contributed by atoms with E-state index in [9.17, 15) is 0 Å². The van der Waals surface area contributed by atoms with Crippen LogP contribution >= 0.6 is 0 Å². The molecule has 0 radical (unpaired) electrons. The number of hydrogen-bond donors (Lipinski definition) is 0. The number of hydrogen-bond acceptors (Lipinski definition) is 2. The molecular formula is C10H20O2. The molecule has 0 unspecified atom stereocenters. The molecular weight excluding hydrogens is 152 g/mol. The molecule has 2 heteroatoms. The number of rotatable bonds is 5. The van der Waals surface area contributed by atoms with Crippen molar-refractivity contribution in [1.82, 2.24) is 0 Å². The summed E-state index contributed by atoms with van der Waals surface area (Å²) in [5.41, 5.74) is -0.227. The van der Waals surface area contributed by atoms with Gasteiger partial charge in [0, 0.05) is 0 Å². The van der Waals surface area contributed by atoms with Crippen LogP contribution in [0.25, 0.3) is 0 Å². The van der Waals surface area contributed by atoms with Crippen molar-refractivity contribution in [2.45, 2.75) is 52.6 Å². The Morgan fingerprint density at radius 3 is 2.42 bits per heavy atom. The summed E-state index contributed by atoms with van der Waals surface area (Å²) in [6, 6.07) is 0. The van der Waals surface area contributed by atoms with Crippen LogP contribution in [0.15, 0.2) is 12.3 Å². The average Bonchev–Trinajstić information content (AvgIpc) is 1.94. The van der Waals surface area contributed by atoms with Crippen LogP contribution in [0.1, 0.15) is 47.0 Å². The zero-order valence-electron chi connectivity index (χ0n) is 8.59. The van der Waals surface area contributed by atoms with Gasteiger partial charge in [-0.15, -0.1) is 0 Å². The van der Waals surface area contributed by atoms with Gasteiger partial charge in [0.2, 0.25) is 0 Å². The fourth-order valence-electron chi connectivity index (χ4n) is 0.601. The van der Waals surface area contributed by atoms with Crippen molar-refractivity contribution in [3.63, 3.8) is 0 Å². The van der Waals surface area contributed by atoms with Crippen LogP contribution in [0.2, 0.25) is 0 Å². The van der Waals surface area contributed by atoms with Crippen molar-refractivity contribution in [3.05, 3.63) is 12.3 Å². The van der Waals surface area contributed by atoms with Crippen LogP contribution in [-0.2, 0) is 9.78 Å². The normalized spacial score (nSPS) is 12.3. The van der Waals surface area contributed by atoms with Gasteiger partial charge >= 0.3 is 0 Å². The lowest BCUT2D eigenvalue weighted by molar-refractivity contribution is -0.310. The van der Waals surface area contributed by atoms with Crippen molar-refractivity contribution < 1.29 is 9.78 Å². The van der Waals surface area contributed by atoms with E-state index in [-0.39, 0.29) is 5.60 Å². The first kappa shape index (κ1) is 11.5. The van der Waals surface area contributed by atoms with Gasteiger partial charge < -0.3 is 4.89 Å². The molecule has 0 aromatic carbocycles. The largest absolute Gasteiger partial charge is 0.345 e. The maximum Gasteiger partial charge on any atom is 0.125 e. The van der Waals surface area contributed by atoms with Gasteiger partial charge in [0.15, 0.2) is 0 Å². The lowest BCUT2D eigenvalue weighted by Crippen LogP contribution is -2.17. The molecule has 0 N–H and O–H groups in total. The Balaban J connectivity index is 3.25. The average molecular weight is 172 g/mol. The quantitative estimate of drug-likeness (QED) is 0.274. The Kier molecular flexibility index (Phi) is 5.81. The van der Waals surface area contributed by atoms with Gasteiger partial charge in [0.25, 0.3) is 0 Å². The molecule has 0 bridgehead atoms. The predicted octanol–water partition coefficient (Wildman–Crippen LogP) is 3.44. The second kappa shape index (κ2) is 6.06. The summed E-state index contributed by atoms with van der Waals surface area (Å²) in [5, 5.41) is 0. The van der Waals surface area contributed by atoms with E-state index >= 15 is 0 Å². The smallest absolute Gasteiger partial charge is 0.125 e. The highest BCUT2D eigenvalue weighted by Gasteiger charge is 2.10. The van der Waals surface area contributed by atoms with Crippen molar-refractivity contribution in [3.8, 4) is 0 Å². The molecule has 0 saturated carbocycles. The minimum atomic E-state index is -0.227. The van der Waals surface area contributed by atoms with Gasteiger partial charge in [-0.1, -0.05) is 13.3 Å². The molecule has 0 rings (SSSR count). The number of allylic oxidation sites excluding steroid dienone is 1. The van der Waals surface area contributed by atoms with Gasteiger partial charge in [-0.05, 0) is 39.7 Å². The van der Waals surface area contributed by atoms with E-state index in [0.29, 0.717) is 0 Å². The summed E-state index contributed by atoms with van der Waals surface area (Å²) >= 11 is 0. The van der Waals surface area contributed by atoms with Crippen LogP contribution < -0.4 is 0 Å². The van der Waals surface area contributed by atoms with E-state index in [1.54, 1.807) is 6.26 Å². The van der Waals surface area contributed by atoms with E-state index < -0.39 is 0 Å². The molecule has 0 aliphatic heterocycles. The van der Waals surface area contributed by atoms with Crippen molar-refractivity contribution in [1.29, 1.82) is 0 Å². The van der Waals surface area contributed by atoms with Crippen molar-refractivity contribution >= 4 is 0 Å². The molecule has 0 aliphatic rings. The zero-order chi connectivity index (χ0) is 9.45. The SMILES string of the molecule is CCCCC=COOC(C)(C)C. The molecule has 0 aromatic rings. The highest BCUT2D eigenvalue weighted by atomic mass is 17.2. The van der Waals surface area contributed by atoms with Gasteiger partial charge in [-0.2, -0.15) is 4.89 Å². The minimum Gasteiger partial charge on any atom is -0.345 e. The third-order valence-corrected chi connectivity index (χ3v) is 1.17. The second-order valence-corrected chi connectivity index (χ2v) is 3.81. The molecule has 0 aromatic heterocycles. The van der Waals surface area contributed by atoms with Crippen LogP contribution in [-0.4, -0.2) is 5.60 Å². The standard InChI is InChI=1S/C10H20O2/c1-5-6-7-8-9-11-12-10(2,3)4/h8-9H,5-7H2,1-4H3. The van der Waals surface area contributed by atoms with Crippen molar-refractivity contribution in [2.24, 2.45) is 0 Å². The Morgan fingerprint density at radius 2 is 1.92 bits per heavy atom. The first-order chi connectivity index (χ1) is 5.56. The molecule has 0 heterocycles. The van der Waals surface area contributed by atoms with E-state index in [1.165, 1.54) is 12.8 Å². The first-order valence-electron chi connectivity index (χ1n) is 4.56. The Labute approximate surface area is 75.5 Å². The Bertz CT molecular complexity index is 122. The lowest BCUT2D eigenvalue weighted by atomic mass is 10.2. The first-order valence-corrected chi connectivity index (χ1v) is 4.56. The van der Waals surface area contributed by atoms with E-state index in [2.05, 4.69) is 6.92 Å². The predicted molar refractivity (Wildman–Crippen MR) is 50.6 cm³/mol. The summed E-state index contributed by atoms with van der Waals surface area (Å²) < 4.78 is 0. The van der Waals surface area contributed by atoms with Gasteiger partial charge in [0.1, 0.15) is 11.9 Å². The summed E-state index contributed by atoms with van der Waals surface area (Å²) in [5.74, 6) is 0. The molecule has 2 nitrogen and oxygen atoms in total. The van der Waals surface area contributed by atoms with Gasteiger partial charge in [0.05, 0.1) is 0 Å². The third-order valence-electron chi connectivity index (χ3n) is 1.17.